The fraction of sp³-hybridized carbons (Fsp3) is 0.400. The molecule has 3 nitrogen and oxygen atoms in total. The van der Waals surface area contributed by atoms with Crippen LogP contribution in [0.4, 0.5) is 0 Å². The van der Waals surface area contributed by atoms with Gasteiger partial charge in [0.1, 0.15) is 0 Å². The number of rotatable bonds is 5. The molecule has 2 aromatic rings. The fourth-order valence-corrected chi connectivity index (χ4v) is 1.99. The molecule has 0 aliphatic carbocycles. The van der Waals surface area contributed by atoms with Crippen molar-refractivity contribution in [3.8, 4) is 0 Å². The van der Waals surface area contributed by atoms with E-state index in [1.165, 1.54) is 16.7 Å². The van der Waals surface area contributed by atoms with Crippen molar-refractivity contribution in [3.05, 3.63) is 53.1 Å². The Morgan fingerprint density at radius 2 is 2.06 bits per heavy atom. The van der Waals surface area contributed by atoms with Gasteiger partial charge in [0, 0.05) is 25.7 Å². The van der Waals surface area contributed by atoms with E-state index < -0.39 is 0 Å². The quantitative estimate of drug-likeness (QED) is 0.873. The Balaban J connectivity index is 2.04. The van der Waals surface area contributed by atoms with Gasteiger partial charge in [-0.25, -0.2) is 4.98 Å². The molecule has 0 saturated carbocycles. The lowest BCUT2D eigenvalue weighted by molar-refractivity contribution is 0.773. The lowest BCUT2D eigenvalue weighted by Crippen LogP contribution is -2.10. The standard InChI is InChI=1S/C15H21N3/c1-12-4-5-14(8-13(12)2)9-18-10-15(17-11-18)6-7-16-3/h4-5,8,10-11,16H,6-7,9H2,1-3H3. The van der Waals surface area contributed by atoms with E-state index in [2.05, 4.69) is 53.1 Å². The van der Waals surface area contributed by atoms with Crippen LogP contribution in [-0.4, -0.2) is 23.1 Å². The lowest BCUT2D eigenvalue weighted by Gasteiger charge is -2.05. The summed E-state index contributed by atoms with van der Waals surface area (Å²) in [5, 5.41) is 3.14. The highest BCUT2D eigenvalue weighted by Gasteiger charge is 2.01. The lowest BCUT2D eigenvalue weighted by atomic mass is 10.1. The van der Waals surface area contributed by atoms with Crippen molar-refractivity contribution < 1.29 is 0 Å². The zero-order valence-corrected chi connectivity index (χ0v) is 11.4. The van der Waals surface area contributed by atoms with Crippen molar-refractivity contribution in [1.82, 2.24) is 14.9 Å². The number of aryl methyl sites for hydroxylation is 2. The zero-order valence-electron chi connectivity index (χ0n) is 11.4. The molecule has 18 heavy (non-hydrogen) atoms. The van der Waals surface area contributed by atoms with Gasteiger partial charge in [-0.2, -0.15) is 0 Å². The predicted molar refractivity (Wildman–Crippen MR) is 74.9 cm³/mol. The average Bonchev–Trinajstić information content (AvgIpc) is 2.79. The van der Waals surface area contributed by atoms with Gasteiger partial charge in [-0.15, -0.1) is 0 Å². The van der Waals surface area contributed by atoms with Gasteiger partial charge in [0.15, 0.2) is 0 Å². The second kappa shape index (κ2) is 5.83. The summed E-state index contributed by atoms with van der Waals surface area (Å²) >= 11 is 0. The maximum Gasteiger partial charge on any atom is 0.0952 e. The predicted octanol–water partition coefficient (Wildman–Crippen LogP) is 2.31. The Morgan fingerprint density at radius 1 is 1.22 bits per heavy atom. The van der Waals surface area contributed by atoms with Crippen LogP contribution in [0.2, 0.25) is 0 Å². The van der Waals surface area contributed by atoms with Crippen molar-refractivity contribution in [2.45, 2.75) is 26.8 Å². The van der Waals surface area contributed by atoms with Crippen LogP contribution in [0.3, 0.4) is 0 Å². The highest BCUT2D eigenvalue weighted by atomic mass is 15.0. The van der Waals surface area contributed by atoms with Crippen LogP contribution >= 0.6 is 0 Å². The average molecular weight is 243 g/mol. The number of imidazole rings is 1. The molecule has 96 valence electrons. The maximum atomic E-state index is 4.41. The van der Waals surface area contributed by atoms with E-state index in [9.17, 15) is 0 Å². The van der Waals surface area contributed by atoms with Gasteiger partial charge in [0.25, 0.3) is 0 Å². The van der Waals surface area contributed by atoms with Crippen molar-refractivity contribution in [1.29, 1.82) is 0 Å². The molecule has 0 amide bonds. The summed E-state index contributed by atoms with van der Waals surface area (Å²) in [5.41, 5.74) is 5.17. The van der Waals surface area contributed by atoms with E-state index in [-0.39, 0.29) is 0 Å². The third-order valence-corrected chi connectivity index (χ3v) is 3.25. The van der Waals surface area contributed by atoms with Crippen molar-refractivity contribution in [2.24, 2.45) is 0 Å². The van der Waals surface area contributed by atoms with E-state index in [0.717, 1.165) is 25.2 Å². The largest absolute Gasteiger partial charge is 0.333 e. The molecule has 0 atom stereocenters. The molecule has 0 aliphatic heterocycles. The van der Waals surface area contributed by atoms with Gasteiger partial charge in [-0.3, -0.25) is 0 Å². The molecule has 0 bridgehead atoms. The topological polar surface area (TPSA) is 29.9 Å². The molecule has 0 spiro atoms. The fourth-order valence-electron chi connectivity index (χ4n) is 1.99. The molecule has 1 heterocycles. The molecule has 1 aromatic carbocycles. The van der Waals surface area contributed by atoms with Crippen LogP contribution in [0.25, 0.3) is 0 Å². The molecule has 0 radical (unpaired) electrons. The van der Waals surface area contributed by atoms with Crippen LogP contribution in [0.1, 0.15) is 22.4 Å². The number of benzene rings is 1. The van der Waals surface area contributed by atoms with Gasteiger partial charge in [-0.05, 0) is 37.6 Å². The monoisotopic (exact) mass is 243 g/mol. The summed E-state index contributed by atoms with van der Waals surface area (Å²) in [6.45, 7) is 6.17. The Hall–Kier alpha value is -1.61. The maximum absolute atomic E-state index is 4.41. The molecule has 1 N–H and O–H groups in total. The minimum absolute atomic E-state index is 0.897. The Kier molecular flexibility index (Phi) is 4.15. The van der Waals surface area contributed by atoms with E-state index in [1.807, 2.05) is 13.4 Å². The van der Waals surface area contributed by atoms with Crippen LogP contribution in [-0.2, 0) is 13.0 Å². The first-order valence-electron chi connectivity index (χ1n) is 6.40. The van der Waals surface area contributed by atoms with Gasteiger partial charge < -0.3 is 9.88 Å². The molecule has 0 aliphatic rings. The molecule has 2 rings (SSSR count). The molecule has 3 heteroatoms. The molecular formula is C15H21N3. The highest BCUT2D eigenvalue weighted by Crippen LogP contribution is 2.11. The van der Waals surface area contributed by atoms with E-state index in [4.69, 9.17) is 0 Å². The Morgan fingerprint density at radius 3 is 2.78 bits per heavy atom. The SMILES string of the molecule is CNCCc1cn(Cc2ccc(C)c(C)c2)cn1. The highest BCUT2D eigenvalue weighted by molar-refractivity contribution is 5.30. The van der Waals surface area contributed by atoms with E-state index >= 15 is 0 Å². The van der Waals surface area contributed by atoms with Crippen LogP contribution in [0, 0.1) is 13.8 Å². The minimum Gasteiger partial charge on any atom is -0.333 e. The smallest absolute Gasteiger partial charge is 0.0952 e. The summed E-state index contributed by atoms with van der Waals surface area (Å²) < 4.78 is 2.15. The van der Waals surface area contributed by atoms with Crippen molar-refractivity contribution in [2.75, 3.05) is 13.6 Å². The third kappa shape index (κ3) is 3.20. The van der Waals surface area contributed by atoms with Gasteiger partial charge in [-0.1, -0.05) is 18.2 Å². The van der Waals surface area contributed by atoms with Crippen molar-refractivity contribution in [3.63, 3.8) is 0 Å². The number of hydrogen-bond donors (Lipinski definition) is 1. The number of nitrogens with zero attached hydrogens (tertiary/aromatic N) is 2. The van der Waals surface area contributed by atoms with E-state index in [0.29, 0.717) is 0 Å². The summed E-state index contributed by atoms with van der Waals surface area (Å²) in [4.78, 5) is 4.41. The van der Waals surface area contributed by atoms with Crippen LogP contribution in [0.5, 0.6) is 0 Å². The summed E-state index contributed by atoms with van der Waals surface area (Å²) in [5.74, 6) is 0. The Labute approximate surface area is 109 Å². The first-order chi connectivity index (χ1) is 8.69. The minimum atomic E-state index is 0.897. The second-order valence-corrected chi connectivity index (χ2v) is 4.81. The molecule has 0 unspecified atom stereocenters. The van der Waals surface area contributed by atoms with E-state index in [1.54, 1.807) is 0 Å². The Bertz CT molecular complexity index is 514. The number of likely N-dealkylation sites (N-methyl/N-ethyl adjacent to an activating group) is 1. The van der Waals surface area contributed by atoms with Crippen molar-refractivity contribution >= 4 is 0 Å². The molecular weight excluding hydrogens is 222 g/mol. The zero-order chi connectivity index (χ0) is 13.0. The van der Waals surface area contributed by atoms with Crippen LogP contribution in [0.15, 0.2) is 30.7 Å². The second-order valence-electron chi connectivity index (χ2n) is 4.81. The number of hydrogen-bond acceptors (Lipinski definition) is 2. The normalized spacial score (nSPS) is 10.8. The van der Waals surface area contributed by atoms with Gasteiger partial charge in [0.05, 0.1) is 12.0 Å². The first-order valence-corrected chi connectivity index (χ1v) is 6.40. The summed E-state index contributed by atoms with van der Waals surface area (Å²) in [7, 11) is 1.96. The molecule has 0 fully saturated rings. The van der Waals surface area contributed by atoms with Gasteiger partial charge in [0.2, 0.25) is 0 Å². The summed E-state index contributed by atoms with van der Waals surface area (Å²) in [6.07, 6.45) is 5.03. The summed E-state index contributed by atoms with van der Waals surface area (Å²) in [6, 6.07) is 6.63. The van der Waals surface area contributed by atoms with Gasteiger partial charge >= 0.3 is 0 Å². The molecule has 0 saturated heterocycles. The van der Waals surface area contributed by atoms with Crippen LogP contribution < -0.4 is 5.32 Å². The molecule has 1 aromatic heterocycles. The first kappa shape index (κ1) is 12.8. The number of nitrogens with one attached hydrogen (secondary N) is 1. The number of aromatic nitrogens is 2. The third-order valence-electron chi connectivity index (χ3n) is 3.25.